The van der Waals surface area contributed by atoms with E-state index in [4.69, 9.17) is 10.5 Å². The van der Waals surface area contributed by atoms with E-state index in [0.29, 0.717) is 5.92 Å². The summed E-state index contributed by atoms with van der Waals surface area (Å²) >= 11 is 0. The van der Waals surface area contributed by atoms with Crippen molar-refractivity contribution in [2.24, 2.45) is 0 Å². The highest BCUT2D eigenvalue weighted by Gasteiger charge is 2.19. The van der Waals surface area contributed by atoms with Gasteiger partial charge in [-0.1, -0.05) is 25.1 Å². The van der Waals surface area contributed by atoms with Crippen LogP contribution in [-0.4, -0.2) is 11.3 Å². The van der Waals surface area contributed by atoms with Crippen LogP contribution in [0.25, 0.3) is 0 Å². The highest BCUT2D eigenvalue weighted by atomic mass is 16.2. The molecule has 0 spiro atoms. The summed E-state index contributed by atoms with van der Waals surface area (Å²) in [6, 6.07) is 6.16. The standard InChI is InChI=1S/C14H17NO/c1-10-7-11(9-16)5-6-14-12(8-15)3-2-4-13(10)14/h2-4,8-10,15-16H,5-7H2,1H3/b11-9+,15-8?. The van der Waals surface area contributed by atoms with E-state index >= 15 is 0 Å². The Morgan fingerprint density at radius 1 is 1.38 bits per heavy atom. The summed E-state index contributed by atoms with van der Waals surface area (Å²) in [6.07, 6.45) is 5.44. The van der Waals surface area contributed by atoms with E-state index in [2.05, 4.69) is 13.0 Å². The zero-order valence-corrected chi connectivity index (χ0v) is 9.53. The van der Waals surface area contributed by atoms with Crippen molar-refractivity contribution >= 4 is 6.21 Å². The second kappa shape index (κ2) is 4.52. The van der Waals surface area contributed by atoms with Gasteiger partial charge in [0, 0.05) is 6.21 Å². The van der Waals surface area contributed by atoms with Crippen molar-refractivity contribution in [2.75, 3.05) is 0 Å². The van der Waals surface area contributed by atoms with Crippen LogP contribution in [0.15, 0.2) is 30.0 Å². The molecule has 0 bridgehead atoms. The quantitative estimate of drug-likeness (QED) is 0.420. The van der Waals surface area contributed by atoms with Gasteiger partial charge < -0.3 is 10.5 Å². The maximum absolute atomic E-state index is 9.13. The smallest absolute Gasteiger partial charge is 0.0783 e. The van der Waals surface area contributed by atoms with Crippen LogP contribution in [0.1, 0.15) is 42.4 Å². The minimum atomic E-state index is 0.427. The second-order valence-corrected chi connectivity index (χ2v) is 4.45. The lowest BCUT2D eigenvalue weighted by Crippen LogP contribution is -1.99. The molecule has 1 aliphatic carbocycles. The van der Waals surface area contributed by atoms with Crippen LogP contribution in [0.5, 0.6) is 0 Å². The predicted octanol–water partition coefficient (Wildman–Crippen LogP) is 3.57. The summed E-state index contributed by atoms with van der Waals surface area (Å²) < 4.78 is 0. The Morgan fingerprint density at radius 3 is 2.88 bits per heavy atom. The highest BCUT2D eigenvalue weighted by Crippen LogP contribution is 2.33. The molecule has 2 heteroatoms. The van der Waals surface area contributed by atoms with E-state index in [-0.39, 0.29) is 0 Å². The van der Waals surface area contributed by atoms with E-state index in [9.17, 15) is 0 Å². The number of hydrogen-bond acceptors (Lipinski definition) is 2. The summed E-state index contributed by atoms with van der Waals surface area (Å²) in [4.78, 5) is 0. The van der Waals surface area contributed by atoms with Gasteiger partial charge in [0.05, 0.1) is 6.26 Å². The lowest BCUT2D eigenvalue weighted by atomic mass is 9.91. The van der Waals surface area contributed by atoms with E-state index in [1.807, 2.05) is 12.1 Å². The lowest BCUT2D eigenvalue weighted by Gasteiger charge is -2.13. The molecule has 84 valence electrons. The Labute approximate surface area is 96.1 Å². The Morgan fingerprint density at radius 2 is 2.19 bits per heavy atom. The van der Waals surface area contributed by atoms with E-state index < -0.39 is 0 Å². The summed E-state index contributed by atoms with van der Waals surface area (Å²) in [7, 11) is 0. The van der Waals surface area contributed by atoms with Gasteiger partial charge in [-0.2, -0.15) is 0 Å². The van der Waals surface area contributed by atoms with Crippen molar-refractivity contribution in [1.29, 1.82) is 5.41 Å². The Balaban J connectivity index is 2.47. The van der Waals surface area contributed by atoms with Gasteiger partial charge in [-0.05, 0) is 47.4 Å². The summed E-state index contributed by atoms with van der Waals surface area (Å²) in [6.45, 7) is 2.18. The zero-order chi connectivity index (χ0) is 11.5. The number of rotatable bonds is 1. The molecule has 1 aromatic rings. The van der Waals surface area contributed by atoms with Gasteiger partial charge in [0.25, 0.3) is 0 Å². The largest absolute Gasteiger partial charge is 0.516 e. The van der Waals surface area contributed by atoms with E-state index in [1.54, 1.807) is 0 Å². The fourth-order valence-electron chi connectivity index (χ4n) is 2.52. The van der Waals surface area contributed by atoms with Crippen LogP contribution >= 0.6 is 0 Å². The van der Waals surface area contributed by atoms with E-state index in [1.165, 1.54) is 23.6 Å². The van der Waals surface area contributed by atoms with Crippen LogP contribution in [0.2, 0.25) is 0 Å². The Kier molecular flexibility index (Phi) is 3.09. The maximum Gasteiger partial charge on any atom is 0.0783 e. The third-order valence-corrected chi connectivity index (χ3v) is 3.38. The van der Waals surface area contributed by atoms with Crippen molar-refractivity contribution in [3.63, 3.8) is 0 Å². The molecule has 1 unspecified atom stereocenters. The highest BCUT2D eigenvalue weighted by molar-refractivity contribution is 5.80. The van der Waals surface area contributed by atoms with E-state index in [0.717, 1.165) is 30.4 Å². The number of hydrogen-bond donors (Lipinski definition) is 2. The second-order valence-electron chi connectivity index (χ2n) is 4.45. The van der Waals surface area contributed by atoms with Crippen molar-refractivity contribution < 1.29 is 5.11 Å². The molecule has 2 rings (SSSR count). The van der Waals surface area contributed by atoms with Gasteiger partial charge >= 0.3 is 0 Å². The van der Waals surface area contributed by atoms with Crippen LogP contribution < -0.4 is 0 Å². The molecule has 2 N–H and O–H groups in total. The molecule has 0 amide bonds. The fraction of sp³-hybridized carbons (Fsp3) is 0.357. The number of aliphatic hydroxyl groups is 1. The maximum atomic E-state index is 9.13. The third kappa shape index (κ3) is 1.87. The number of aliphatic hydroxyl groups excluding tert-OH is 1. The van der Waals surface area contributed by atoms with Crippen molar-refractivity contribution in [1.82, 2.24) is 0 Å². The number of fused-ring (bicyclic) bond motifs is 1. The molecule has 2 nitrogen and oxygen atoms in total. The minimum Gasteiger partial charge on any atom is -0.516 e. The molecule has 0 aliphatic heterocycles. The molecular formula is C14H17NO. The van der Waals surface area contributed by atoms with Gasteiger partial charge in [0.1, 0.15) is 0 Å². The topological polar surface area (TPSA) is 44.1 Å². The van der Waals surface area contributed by atoms with Crippen LogP contribution in [0.4, 0.5) is 0 Å². The normalized spacial score (nSPS) is 22.6. The first-order chi connectivity index (χ1) is 7.76. The predicted molar refractivity (Wildman–Crippen MR) is 66.4 cm³/mol. The van der Waals surface area contributed by atoms with Gasteiger partial charge in [-0.3, -0.25) is 0 Å². The molecular weight excluding hydrogens is 198 g/mol. The lowest BCUT2D eigenvalue weighted by molar-refractivity contribution is 0.459. The van der Waals surface area contributed by atoms with Crippen molar-refractivity contribution in [2.45, 2.75) is 32.1 Å². The van der Waals surface area contributed by atoms with Gasteiger partial charge in [-0.15, -0.1) is 0 Å². The minimum absolute atomic E-state index is 0.427. The van der Waals surface area contributed by atoms with Crippen LogP contribution in [0.3, 0.4) is 0 Å². The molecule has 0 radical (unpaired) electrons. The van der Waals surface area contributed by atoms with Gasteiger partial charge in [-0.25, -0.2) is 0 Å². The van der Waals surface area contributed by atoms with Crippen LogP contribution in [0, 0.1) is 5.41 Å². The average molecular weight is 215 g/mol. The number of nitrogens with one attached hydrogen (secondary N) is 1. The van der Waals surface area contributed by atoms with Crippen molar-refractivity contribution in [3.8, 4) is 0 Å². The monoisotopic (exact) mass is 215 g/mol. The first-order valence-electron chi connectivity index (χ1n) is 5.70. The molecule has 0 aromatic heterocycles. The molecule has 1 aliphatic rings. The molecule has 1 aromatic carbocycles. The molecule has 0 saturated heterocycles. The third-order valence-electron chi connectivity index (χ3n) is 3.38. The van der Waals surface area contributed by atoms with Crippen molar-refractivity contribution in [3.05, 3.63) is 46.7 Å². The number of benzene rings is 1. The van der Waals surface area contributed by atoms with Gasteiger partial charge in [0.15, 0.2) is 0 Å². The Hall–Kier alpha value is -1.57. The zero-order valence-electron chi connectivity index (χ0n) is 9.53. The molecule has 0 heterocycles. The Bertz CT molecular complexity index is 434. The first-order valence-corrected chi connectivity index (χ1v) is 5.70. The van der Waals surface area contributed by atoms with Gasteiger partial charge in [0.2, 0.25) is 0 Å². The van der Waals surface area contributed by atoms with Crippen LogP contribution in [-0.2, 0) is 6.42 Å². The SMILES string of the molecule is CC1C/C(=C/O)CCc2c(C=N)cccc21. The average Bonchev–Trinajstić information content (AvgIpc) is 2.48. The molecule has 1 atom stereocenters. The summed E-state index contributed by atoms with van der Waals surface area (Å²) in [5.74, 6) is 0.427. The molecule has 0 saturated carbocycles. The number of allylic oxidation sites excluding steroid dienone is 1. The molecule has 0 fully saturated rings. The summed E-state index contributed by atoms with van der Waals surface area (Å²) in [5.41, 5.74) is 4.74. The molecule has 16 heavy (non-hydrogen) atoms. The summed E-state index contributed by atoms with van der Waals surface area (Å²) in [5, 5.41) is 16.6. The first kappa shape index (κ1) is 10.9. The fourth-order valence-corrected chi connectivity index (χ4v) is 2.52.